The summed E-state index contributed by atoms with van der Waals surface area (Å²) in [6.07, 6.45) is 9.35. The molecule has 1 N–H and O–H groups in total. The summed E-state index contributed by atoms with van der Waals surface area (Å²) < 4.78 is 0. The lowest BCUT2D eigenvalue weighted by molar-refractivity contribution is 0.234. The fourth-order valence-electron chi connectivity index (χ4n) is 3.01. The van der Waals surface area contributed by atoms with E-state index >= 15 is 0 Å². The van der Waals surface area contributed by atoms with Crippen LogP contribution in [0.5, 0.6) is 0 Å². The molecule has 0 radical (unpaired) electrons. The molecule has 0 aromatic heterocycles. The third-order valence-electron chi connectivity index (χ3n) is 4.14. The highest BCUT2D eigenvalue weighted by Gasteiger charge is 2.25. The molecule has 2 atom stereocenters. The van der Waals surface area contributed by atoms with Gasteiger partial charge in [-0.15, -0.1) is 0 Å². The predicted molar refractivity (Wildman–Crippen MR) is 69.4 cm³/mol. The van der Waals surface area contributed by atoms with Crippen LogP contribution in [0, 0.1) is 0 Å². The van der Waals surface area contributed by atoms with Gasteiger partial charge in [0, 0.05) is 30.9 Å². The molecule has 2 heterocycles. The molecule has 0 spiro atoms. The quantitative estimate of drug-likeness (QED) is 0.790. The third-order valence-corrected chi connectivity index (χ3v) is 4.14. The van der Waals surface area contributed by atoms with Crippen LogP contribution in [-0.4, -0.2) is 30.1 Å². The van der Waals surface area contributed by atoms with Gasteiger partial charge in [-0.1, -0.05) is 13.5 Å². The lowest BCUT2D eigenvalue weighted by Gasteiger charge is -2.38. The molecule has 0 bridgehead atoms. The van der Waals surface area contributed by atoms with Crippen LogP contribution >= 0.6 is 0 Å². The minimum atomic E-state index is 0.553. The zero-order valence-corrected chi connectivity index (χ0v) is 10.7. The second kappa shape index (κ2) is 5.72. The van der Waals surface area contributed by atoms with Crippen LogP contribution in [0.25, 0.3) is 0 Å². The van der Waals surface area contributed by atoms with Gasteiger partial charge >= 0.3 is 0 Å². The molecule has 2 aliphatic heterocycles. The summed E-state index contributed by atoms with van der Waals surface area (Å²) in [6.45, 7) is 9.08. The highest BCUT2D eigenvalue weighted by Crippen LogP contribution is 2.23. The predicted octanol–water partition coefficient (Wildman–Crippen LogP) is 2.91. The molecular formula is C14H26N2. The first kappa shape index (κ1) is 12.0. The minimum absolute atomic E-state index is 0.553. The van der Waals surface area contributed by atoms with Gasteiger partial charge < -0.3 is 10.2 Å². The third kappa shape index (κ3) is 2.79. The lowest BCUT2D eigenvalue weighted by Crippen LogP contribution is -2.47. The maximum absolute atomic E-state index is 4.33. The molecule has 2 fully saturated rings. The van der Waals surface area contributed by atoms with E-state index in [1.165, 1.54) is 63.7 Å². The van der Waals surface area contributed by atoms with Crippen LogP contribution in [0.3, 0.4) is 0 Å². The summed E-state index contributed by atoms with van der Waals surface area (Å²) in [5, 5.41) is 3.76. The number of hydrogen-bond donors (Lipinski definition) is 1. The molecule has 0 aromatic rings. The van der Waals surface area contributed by atoms with Crippen LogP contribution in [0.2, 0.25) is 0 Å². The Hall–Kier alpha value is -0.500. The van der Waals surface area contributed by atoms with Crippen molar-refractivity contribution in [1.82, 2.24) is 10.2 Å². The molecular weight excluding hydrogens is 196 g/mol. The first-order valence-corrected chi connectivity index (χ1v) is 7.01. The van der Waals surface area contributed by atoms with Crippen molar-refractivity contribution in [2.45, 2.75) is 64.0 Å². The van der Waals surface area contributed by atoms with Crippen LogP contribution in [-0.2, 0) is 0 Å². The summed E-state index contributed by atoms with van der Waals surface area (Å²) in [5.41, 5.74) is 1.36. The van der Waals surface area contributed by atoms with Crippen molar-refractivity contribution >= 4 is 0 Å². The molecule has 2 nitrogen and oxygen atoms in total. The average molecular weight is 222 g/mol. The molecule has 2 rings (SSSR count). The molecule has 0 saturated carbocycles. The molecule has 0 aliphatic carbocycles. The number of piperidine rings is 2. The number of hydrogen-bond acceptors (Lipinski definition) is 2. The molecule has 0 aromatic carbocycles. The van der Waals surface area contributed by atoms with E-state index < -0.39 is 0 Å². The Balaban J connectivity index is 1.87. The number of nitrogens with zero attached hydrogens (tertiary/aromatic N) is 1. The van der Waals surface area contributed by atoms with E-state index in [9.17, 15) is 0 Å². The molecule has 16 heavy (non-hydrogen) atoms. The van der Waals surface area contributed by atoms with Gasteiger partial charge in [-0.25, -0.2) is 0 Å². The fraction of sp³-hybridized carbons (Fsp3) is 0.857. The van der Waals surface area contributed by atoms with Gasteiger partial charge in [-0.3, -0.25) is 0 Å². The molecule has 2 saturated heterocycles. The number of rotatable bonds is 3. The van der Waals surface area contributed by atoms with Crippen molar-refractivity contribution in [1.29, 1.82) is 0 Å². The van der Waals surface area contributed by atoms with Crippen molar-refractivity contribution in [3.63, 3.8) is 0 Å². The molecule has 0 amide bonds. The van der Waals surface area contributed by atoms with Crippen LogP contribution in [0.1, 0.15) is 51.9 Å². The van der Waals surface area contributed by atoms with Crippen LogP contribution < -0.4 is 5.32 Å². The Morgan fingerprint density at radius 2 is 1.94 bits per heavy atom. The maximum Gasteiger partial charge on any atom is 0.0467 e. The molecule has 2 aliphatic rings. The largest absolute Gasteiger partial charge is 0.374 e. The van der Waals surface area contributed by atoms with E-state index in [1.54, 1.807) is 0 Å². The standard InChI is InChI=1S/C14H26N2/c1-3-13-8-7-9-14(15-13)12(2)16-10-5-4-6-11-16/h13-15H,2-11H2,1H3. The minimum Gasteiger partial charge on any atom is -0.374 e. The molecule has 2 unspecified atom stereocenters. The van der Waals surface area contributed by atoms with Gasteiger partial charge in [-0.2, -0.15) is 0 Å². The first-order valence-electron chi connectivity index (χ1n) is 7.01. The van der Waals surface area contributed by atoms with Gasteiger partial charge in [0.15, 0.2) is 0 Å². The van der Waals surface area contributed by atoms with Crippen LogP contribution in [0.15, 0.2) is 12.3 Å². The van der Waals surface area contributed by atoms with Crippen LogP contribution in [0.4, 0.5) is 0 Å². The Labute approximate surface area is 100 Å². The summed E-state index contributed by atoms with van der Waals surface area (Å²) >= 11 is 0. The second-order valence-corrected chi connectivity index (χ2v) is 5.29. The van der Waals surface area contributed by atoms with Gasteiger partial charge in [0.1, 0.15) is 0 Å². The Bertz CT molecular complexity index is 231. The summed E-state index contributed by atoms with van der Waals surface area (Å²) in [5.74, 6) is 0. The Morgan fingerprint density at radius 1 is 1.19 bits per heavy atom. The first-order chi connectivity index (χ1) is 7.81. The topological polar surface area (TPSA) is 15.3 Å². The zero-order valence-electron chi connectivity index (χ0n) is 10.7. The van der Waals surface area contributed by atoms with E-state index in [1.807, 2.05) is 0 Å². The van der Waals surface area contributed by atoms with Crippen molar-refractivity contribution in [3.05, 3.63) is 12.3 Å². The molecule has 2 heteroatoms. The Kier molecular flexibility index (Phi) is 4.28. The van der Waals surface area contributed by atoms with Gasteiger partial charge in [0.2, 0.25) is 0 Å². The van der Waals surface area contributed by atoms with Gasteiger partial charge in [0.25, 0.3) is 0 Å². The monoisotopic (exact) mass is 222 g/mol. The fourth-order valence-corrected chi connectivity index (χ4v) is 3.01. The normalized spacial score (nSPS) is 31.4. The second-order valence-electron chi connectivity index (χ2n) is 5.29. The van der Waals surface area contributed by atoms with Gasteiger partial charge in [0.05, 0.1) is 0 Å². The number of likely N-dealkylation sites (tertiary alicyclic amines) is 1. The van der Waals surface area contributed by atoms with E-state index in [-0.39, 0.29) is 0 Å². The van der Waals surface area contributed by atoms with Crippen molar-refractivity contribution in [3.8, 4) is 0 Å². The summed E-state index contributed by atoms with van der Waals surface area (Å²) in [7, 11) is 0. The van der Waals surface area contributed by atoms with E-state index in [2.05, 4.69) is 23.7 Å². The van der Waals surface area contributed by atoms with E-state index in [0.29, 0.717) is 6.04 Å². The zero-order chi connectivity index (χ0) is 11.4. The van der Waals surface area contributed by atoms with E-state index in [0.717, 1.165) is 6.04 Å². The van der Waals surface area contributed by atoms with Crippen molar-refractivity contribution < 1.29 is 0 Å². The number of nitrogens with one attached hydrogen (secondary N) is 1. The summed E-state index contributed by atoms with van der Waals surface area (Å²) in [6, 6.07) is 1.28. The van der Waals surface area contributed by atoms with E-state index in [4.69, 9.17) is 0 Å². The molecule has 92 valence electrons. The highest BCUT2D eigenvalue weighted by molar-refractivity contribution is 5.07. The van der Waals surface area contributed by atoms with Crippen molar-refractivity contribution in [2.24, 2.45) is 0 Å². The van der Waals surface area contributed by atoms with Crippen molar-refractivity contribution in [2.75, 3.05) is 13.1 Å². The highest BCUT2D eigenvalue weighted by atomic mass is 15.2. The maximum atomic E-state index is 4.33. The smallest absolute Gasteiger partial charge is 0.0467 e. The Morgan fingerprint density at radius 3 is 2.62 bits per heavy atom. The van der Waals surface area contributed by atoms with Gasteiger partial charge in [-0.05, 0) is 44.9 Å². The SMILES string of the molecule is C=C(C1CCCC(CC)N1)N1CCCCC1. The summed E-state index contributed by atoms with van der Waals surface area (Å²) in [4.78, 5) is 2.51. The average Bonchev–Trinajstić information content (AvgIpc) is 2.39. The lowest BCUT2D eigenvalue weighted by atomic mass is 9.94.